The van der Waals surface area contributed by atoms with E-state index < -0.39 is 18.1 Å². The molecule has 1 aromatic carbocycles. The third kappa shape index (κ3) is 4.68. The number of hydrogen-bond acceptors (Lipinski definition) is 7. The van der Waals surface area contributed by atoms with Gasteiger partial charge in [-0.1, -0.05) is 6.08 Å². The van der Waals surface area contributed by atoms with Crippen molar-refractivity contribution in [2.45, 2.75) is 45.4 Å². The third-order valence-corrected chi connectivity index (χ3v) is 7.85. The Bertz CT molecular complexity index is 1230. The SMILES string of the molecule is C=CC1C2CC(CCc3nc4c(OC(F)(F)F)c(C(=O)OCC)cc(-c5nccs5)c4o3)CC1C2. The fraction of sp³-hybridized carbons (Fsp3) is 0.480. The summed E-state index contributed by atoms with van der Waals surface area (Å²) in [5.74, 6) is 1.14. The van der Waals surface area contributed by atoms with Crippen LogP contribution in [0.5, 0.6) is 5.75 Å². The third-order valence-electron chi connectivity index (χ3n) is 7.05. The number of thiazole rings is 1. The minimum absolute atomic E-state index is 0.00489. The second-order valence-corrected chi connectivity index (χ2v) is 10.0. The first-order valence-electron chi connectivity index (χ1n) is 11.7. The van der Waals surface area contributed by atoms with Gasteiger partial charge in [0.2, 0.25) is 0 Å². The van der Waals surface area contributed by atoms with Crippen LogP contribution in [0.15, 0.2) is 34.7 Å². The maximum Gasteiger partial charge on any atom is 0.573 e. The smallest absolute Gasteiger partial charge is 0.462 e. The molecule has 2 unspecified atom stereocenters. The number of carbonyl (C=O) groups excluding carboxylic acids is 1. The number of ether oxygens (including phenoxy) is 2. The Morgan fingerprint density at radius 1 is 1.31 bits per heavy atom. The molecule has 0 aliphatic heterocycles. The lowest BCUT2D eigenvalue weighted by Crippen LogP contribution is -2.42. The number of benzene rings is 1. The van der Waals surface area contributed by atoms with E-state index in [-0.39, 0.29) is 23.3 Å². The van der Waals surface area contributed by atoms with Crippen LogP contribution >= 0.6 is 11.3 Å². The predicted molar refractivity (Wildman–Crippen MR) is 124 cm³/mol. The molecule has 3 fully saturated rings. The Morgan fingerprint density at radius 2 is 2.09 bits per heavy atom. The van der Waals surface area contributed by atoms with Crippen LogP contribution in [0.1, 0.15) is 48.9 Å². The Hall–Kier alpha value is -2.88. The van der Waals surface area contributed by atoms with Crippen LogP contribution in [0.2, 0.25) is 0 Å². The average molecular weight is 507 g/mol. The van der Waals surface area contributed by atoms with Crippen molar-refractivity contribution in [2.75, 3.05) is 6.61 Å². The van der Waals surface area contributed by atoms with Gasteiger partial charge >= 0.3 is 12.3 Å². The number of aryl methyl sites for hydroxylation is 1. The van der Waals surface area contributed by atoms with E-state index in [4.69, 9.17) is 9.15 Å². The molecular formula is C25H25F3N2O4S. The van der Waals surface area contributed by atoms with Gasteiger partial charge in [0.05, 0.1) is 12.2 Å². The summed E-state index contributed by atoms with van der Waals surface area (Å²) in [6.07, 6.45) is 3.41. The molecule has 2 heterocycles. The van der Waals surface area contributed by atoms with Crippen LogP contribution in [-0.2, 0) is 11.2 Å². The molecule has 3 aromatic rings. The number of aromatic nitrogens is 2. The molecule has 2 atom stereocenters. The van der Waals surface area contributed by atoms with E-state index in [0.717, 1.165) is 19.3 Å². The summed E-state index contributed by atoms with van der Waals surface area (Å²) in [7, 11) is 0. The summed E-state index contributed by atoms with van der Waals surface area (Å²) in [5, 5.41) is 2.22. The standard InChI is InChI=1S/C25H25F3N2O4S/c1-3-16-14-9-13(10-15(16)11-14)5-6-19-30-20-21(33-19)17(23-29-7-8-35-23)12-18(24(31)32-4-2)22(20)34-25(26,27)28/h3,7-8,12-16H,1,4-6,9-11H2,2H3. The zero-order valence-corrected chi connectivity index (χ0v) is 20.0. The minimum Gasteiger partial charge on any atom is -0.462 e. The molecular weight excluding hydrogens is 481 g/mol. The van der Waals surface area contributed by atoms with E-state index in [1.807, 2.05) is 0 Å². The first-order chi connectivity index (χ1) is 16.8. The van der Waals surface area contributed by atoms with Crippen molar-refractivity contribution in [1.29, 1.82) is 0 Å². The van der Waals surface area contributed by atoms with E-state index in [9.17, 15) is 18.0 Å². The number of rotatable bonds is 8. The Morgan fingerprint density at radius 3 is 2.71 bits per heavy atom. The van der Waals surface area contributed by atoms with Crippen molar-refractivity contribution in [3.63, 3.8) is 0 Å². The number of nitrogens with zero attached hydrogens (tertiary/aromatic N) is 2. The molecule has 3 aliphatic carbocycles. The van der Waals surface area contributed by atoms with Crippen LogP contribution in [0.3, 0.4) is 0 Å². The number of alkyl halides is 3. The summed E-state index contributed by atoms with van der Waals surface area (Å²) >= 11 is 1.27. The second kappa shape index (κ2) is 9.29. The van der Waals surface area contributed by atoms with E-state index >= 15 is 0 Å². The van der Waals surface area contributed by atoms with Gasteiger partial charge in [-0.3, -0.25) is 0 Å². The highest BCUT2D eigenvalue weighted by Gasteiger charge is 2.45. The van der Waals surface area contributed by atoms with E-state index in [1.54, 1.807) is 18.5 Å². The fourth-order valence-electron chi connectivity index (χ4n) is 5.61. The first-order valence-corrected chi connectivity index (χ1v) is 12.6. The normalized spacial score (nSPS) is 23.7. The number of oxazole rings is 1. The molecule has 186 valence electrons. The van der Waals surface area contributed by atoms with Crippen LogP contribution in [0.25, 0.3) is 21.7 Å². The average Bonchev–Trinajstić information content (AvgIpc) is 3.48. The molecule has 10 heteroatoms. The van der Waals surface area contributed by atoms with Crippen LogP contribution in [0.4, 0.5) is 13.2 Å². The number of allylic oxidation sites excluding steroid dienone is 1. The molecule has 6 rings (SSSR count). The van der Waals surface area contributed by atoms with Gasteiger partial charge < -0.3 is 13.9 Å². The summed E-state index contributed by atoms with van der Waals surface area (Å²) in [6.45, 7) is 5.52. The predicted octanol–water partition coefficient (Wildman–Crippen LogP) is 6.81. The number of esters is 1. The summed E-state index contributed by atoms with van der Waals surface area (Å²) < 4.78 is 55.2. The lowest BCUT2D eigenvalue weighted by atomic mass is 9.54. The van der Waals surface area contributed by atoms with Crippen molar-refractivity contribution >= 4 is 28.4 Å². The van der Waals surface area contributed by atoms with Gasteiger partial charge in [-0.05, 0) is 62.3 Å². The second-order valence-electron chi connectivity index (χ2n) is 9.14. The zero-order chi connectivity index (χ0) is 24.7. The van der Waals surface area contributed by atoms with Gasteiger partial charge in [-0.15, -0.1) is 31.1 Å². The van der Waals surface area contributed by atoms with Crippen molar-refractivity contribution in [1.82, 2.24) is 9.97 Å². The highest BCUT2D eigenvalue weighted by atomic mass is 32.1. The fourth-order valence-corrected chi connectivity index (χ4v) is 6.26. The van der Waals surface area contributed by atoms with Gasteiger partial charge in [0.25, 0.3) is 0 Å². The lowest BCUT2D eigenvalue weighted by molar-refractivity contribution is -0.274. The van der Waals surface area contributed by atoms with Gasteiger partial charge in [0, 0.05) is 18.0 Å². The van der Waals surface area contributed by atoms with E-state index in [0.29, 0.717) is 46.6 Å². The number of carbonyl (C=O) groups is 1. The maximum atomic E-state index is 13.3. The van der Waals surface area contributed by atoms with Crippen molar-refractivity contribution in [3.8, 4) is 16.3 Å². The molecule has 0 amide bonds. The number of hydrogen-bond donors (Lipinski definition) is 0. The maximum absolute atomic E-state index is 13.3. The van der Waals surface area contributed by atoms with Gasteiger partial charge in [0.1, 0.15) is 10.6 Å². The molecule has 0 N–H and O–H groups in total. The Labute approximate surface area is 204 Å². The van der Waals surface area contributed by atoms with Crippen LogP contribution in [-0.4, -0.2) is 28.9 Å². The largest absolute Gasteiger partial charge is 0.573 e. The van der Waals surface area contributed by atoms with Crippen LogP contribution < -0.4 is 4.74 Å². The quantitative estimate of drug-likeness (QED) is 0.247. The molecule has 2 aromatic heterocycles. The van der Waals surface area contributed by atoms with E-state index in [2.05, 4.69) is 27.4 Å². The van der Waals surface area contributed by atoms with Gasteiger partial charge in [-0.25, -0.2) is 14.8 Å². The minimum atomic E-state index is -5.03. The monoisotopic (exact) mass is 506 g/mol. The first kappa shape index (κ1) is 23.8. The zero-order valence-electron chi connectivity index (χ0n) is 19.1. The van der Waals surface area contributed by atoms with Gasteiger partial charge in [-0.2, -0.15) is 0 Å². The van der Waals surface area contributed by atoms with Crippen molar-refractivity contribution in [2.24, 2.45) is 23.7 Å². The molecule has 0 saturated heterocycles. The lowest BCUT2D eigenvalue weighted by Gasteiger charge is -2.51. The van der Waals surface area contributed by atoms with Crippen LogP contribution in [0, 0.1) is 23.7 Å². The van der Waals surface area contributed by atoms with E-state index in [1.165, 1.54) is 23.8 Å². The molecule has 3 saturated carbocycles. The Kier molecular flexibility index (Phi) is 6.33. The highest BCUT2D eigenvalue weighted by molar-refractivity contribution is 7.13. The van der Waals surface area contributed by atoms with Crippen molar-refractivity contribution < 1.29 is 31.9 Å². The topological polar surface area (TPSA) is 74.5 Å². The number of halogens is 3. The molecule has 0 spiro atoms. The summed E-state index contributed by atoms with van der Waals surface area (Å²) in [4.78, 5) is 21.2. The summed E-state index contributed by atoms with van der Waals surface area (Å²) in [5.41, 5.74) is -0.0459. The molecule has 0 radical (unpaired) electrons. The molecule has 6 nitrogen and oxygen atoms in total. The van der Waals surface area contributed by atoms with Gasteiger partial charge in [0.15, 0.2) is 22.7 Å². The number of fused-ring (bicyclic) bond motifs is 3. The summed E-state index contributed by atoms with van der Waals surface area (Å²) in [6, 6.07) is 1.28. The highest BCUT2D eigenvalue weighted by Crippen LogP contribution is 2.54. The Balaban J connectivity index is 1.51. The molecule has 2 bridgehead atoms. The molecule has 3 aliphatic rings. The molecule has 35 heavy (non-hydrogen) atoms. The van der Waals surface area contributed by atoms with Crippen molar-refractivity contribution in [3.05, 3.63) is 41.8 Å².